The van der Waals surface area contributed by atoms with E-state index in [1.165, 1.54) is 0 Å². The van der Waals surface area contributed by atoms with Crippen molar-refractivity contribution < 1.29 is 14.2 Å². The number of rotatable bonds is 7. The fourth-order valence-electron chi connectivity index (χ4n) is 3.79. The van der Waals surface area contributed by atoms with Crippen LogP contribution in [0.3, 0.4) is 0 Å². The fourth-order valence-corrected chi connectivity index (χ4v) is 3.79. The van der Waals surface area contributed by atoms with Crippen molar-refractivity contribution in [1.82, 2.24) is 25.5 Å². The zero-order valence-corrected chi connectivity index (χ0v) is 16.0. The topological polar surface area (TPSA) is 83.3 Å². The Balaban J connectivity index is 1.49. The maximum Gasteiger partial charge on any atom is 0.182 e. The zero-order valence-electron chi connectivity index (χ0n) is 16.0. The van der Waals surface area contributed by atoms with Gasteiger partial charge in [-0.05, 0) is 41.4 Å². The third-order valence-electron chi connectivity index (χ3n) is 5.29. The van der Waals surface area contributed by atoms with E-state index in [4.69, 9.17) is 14.2 Å². The summed E-state index contributed by atoms with van der Waals surface area (Å²) in [5, 5.41) is 15.9. The van der Waals surface area contributed by atoms with E-state index in [1.807, 2.05) is 28.9 Å². The van der Waals surface area contributed by atoms with Crippen molar-refractivity contribution in [3.05, 3.63) is 24.3 Å². The second-order valence-corrected chi connectivity index (χ2v) is 7.59. The zero-order chi connectivity index (χ0) is 18.8. The number of tetrazole rings is 1. The summed E-state index contributed by atoms with van der Waals surface area (Å²) in [7, 11) is 1.65. The Morgan fingerprint density at radius 1 is 1.26 bits per heavy atom. The highest BCUT2D eigenvalue weighted by Gasteiger charge is 2.49. The summed E-state index contributed by atoms with van der Waals surface area (Å²) >= 11 is 0. The van der Waals surface area contributed by atoms with Gasteiger partial charge in [0.25, 0.3) is 0 Å². The predicted molar refractivity (Wildman–Crippen MR) is 99.6 cm³/mol. The minimum Gasteiger partial charge on any atom is -0.497 e. The SMILES string of the molecule is COc1cccc(-c2nnnn2[C@H]2CO[C@H]3[C@H]2OC[C@H]3NCCC(C)C)c1. The maximum absolute atomic E-state index is 6.09. The molecule has 2 aliphatic heterocycles. The van der Waals surface area contributed by atoms with Crippen LogP contribution < -0.4 is 10.1 Å². The number of hydrogen-bond acceptors (Lipinski definition) is 7. The summed E-state index contributed by atoms with van der Waals surface area (Å²) in [5.74, 6) is 2.15. The first-order valence-electron chi connectivity index (χ1n) is 9.56. The van der Waals surface area contributed by atoms with Gasteiger partial charge < -0.3 is 19.5 Å². The lowest BCUT2D eigenvalue weighted by atomic mass is 10.1. The molecule has 2 aromatic rings. The van der Waals surface area contributed by atoms with Crippen molar-refractivity contribution in [2.45, 2.75) is 44.6 Å². The molecule has 0 aliphatic carbocycles. The summed E-state index contributed by atoms with van der Waals surface area (Å²) in [4.78, 5) is 0. The third-order valence-corrected chi connectivity index (χ3v) is 5.29. The molecule has 1 N–H and O–H groups in total. The van der Waals surface area contributed by atoms with Crippen molar-refractivity contribution in [1.29, 1.82) is 0 Å². The second kappa shape index (κ2) is 7.92. The quantitative estimate of drug-likeness (QED) is 0.791. The molecule has 0 radical (unpaired) electrons. The molecule has 4 atom stereocenters. The lowest BCUT2D eigenvalue weighted by Crippen LogP contribution is -2.41. The molecule has 0 saturated carbocycles. The first kappa shape index (κ1) is 18.3. The van der Waals surface area contributed by atoms with Crippen LogP contribution in [-0.4, -0.2) is 65.3 Å². The number of benzene rings is 1. The maximum atomic E-state index is 6.09. The number of aromatic nitrogens is 4. The molecule has 0 amide bonds. The average Bonchev–Trinajstić information content (AvgIpc) is 3.38. The number of fused-ring (bicyclic) bond motifs is 1. The third kappa shape index (κ3) is 3.69. The van der Waals surface area contributed by atoms with E-state index in [1.54, 1.807) is 7.11 Å². The van der Waals surface area contributed by atoms with Gasteiger partial charge in [0.15, 0.2) is 5.82 Å². The molecule has 8 heteroatoms. The summed E-state index contributed by atoms with van der Waals surface area (Å²) in [6, 6.07) is 7.92. The number of nitrogens with one attached hydrogen (secondary N) is 1. The molecule has 0 spiro atoms. The minimum atomic E-state index is -0.0468. The van der Waals surface area contributed by atoms with Crippen LogP contribution in [0.2, 0.25) is 0 Å². The molecule has 1 aromatic carbocycles. The minimum absolute atomic E-state index is 0.0320. The van der Waals surface area contributed by atoms with E-state index >= 15 is 0 Å². The molecule has 2 aliphatic rings. The summed E-state index contributed by atoms with van der Waals surface area (Å²) in [6.45, 7) is 6.63. The van der Waals surface area contributed by atoms with Gasteiger partial charge in [0.05, 0.1) is 26.4 Å². The van der Waals surface area contributed by atoms with Crippen molar-refractivity contribution in [3.63, 3.8) is 0 Å². The molecule has 1 aromatic heterocycles. The predicted octanol–water partition coefficient (Wildman–Crippen LogP) is 1.69. The highest BCUT2D eigenvalue weighted by Crippen LogP contribution is 2.36. The molecular formula is C19H27N5O3. The van der Waals surface area contributed by atoms with Crippen LogP contribution in [0, 0.1) is 5.92 Å². The molecule has 3 heterocycles. The van der Waals surface area contributed by atoms with Crippen LogP contribution >= 0.6 is 0 Å². The summed E-state index contributed by atoms with van der Waals surface area (Å²) < 4.78 is 19.3. The number of hydrogen-bond donors (Lipinski definition) is 1. The van der Waals surface area contributed by atoms with Crippen LogP contribution in [0.4, 0.5) is 0 Å². The van der Waals surface area contributed by atoms with Crippen LogP contribution in [-0.2, 0) is 9.47 Å². The normalized spacial score (nSPS) is 27.3. The van der Waals surface area contributed by atoms with E-state index in [0.717, 1.165) is 24.3 Å². The van der Waals surface area contributed by atoms with Gasteiger partial charge in [0, 0.05) is 5.56 Å². The van der Waals surface area contributed by atoms with Crippen LogP contribution in [0.5, 0.6) is 5.75 Å². The largest absolute Gasteiger partial charge is 0.497 e. The number of ether oxygens (including phenoxy) is 3. The van der Waals surface area contributed by atoms with Crippen LogP contribution in [0.15, 0.2) is 24.3 Å². The first-order chi connectivity index (χ1) is 13.2. The Morgan fingerprint density at radius 2 is 2.11 bits per heavy atom. The molecule has 8 nitrogen and oxygen atoms in total. The molecule has 0 unspecified atom stereocenters. The standard InChI is InChI=1S/C19H27N5O3/c1-12(2)7-8-20-15-10-26-18-16(11-27-17(15)18)24-19(21-22-23-24)13-5-4-6-14(9-13)25-3/h4-6,9,12,15-18,20H,7-8,10-11H2,1-3H3/t15-,16+,17-,18+/m1/s1. The highest BCUT2D eigenvalue weighted by molar-refractivity contribution is 5.57. The summed E-state index contributed by atoms with van der Waals surface area (Å²) in [5.41, 5.74) is 0.910. The van der Waals surface area contributed by atoms with E-state index in [2.05, 4.69) is 34.7 Å². The fraction of sp³-hybridized carbons (Fsp3) is 0.632. The Morgan fingerprint density at radius 3 is 2.93 bits per heavy atom. The van der Waals surface area contributed by atoms with Gasteiger partial charge in [0.1, 0.15) is 24.0 Å². The first-order valence-corrected chi connectivity index (χ1v) is 9.56. The Bertz CT molecular complexity index is 765. The molecule has 2 saturated heterocycles. The van der Waals surface area contributed by atoms with Crippen molar-refractivity contribution in [2.24, 2.45) is 5.92 Å². The molecule has 27 heavy (non-hydrogen) atoms. The Labute approximate surface area is 159 Å². The van der Waals surface area contributed by atoms with E-state index in [-0.39, 0.29) is 24.3 Å². The number of methoxy groups -OCH3 is 1. The van der Waals surface area contributed by atoms with Crippen molar-refractivity contribution in [3.8, 4) is 17.1 Å². The van der Waals surface area contributed by atoms with Crippen LogP contribution in [0.1, 0.15) is 26.3 Å². The van der Waals surface area contributed by atoms with E-state index in [9.17, 15) is 0 Å². The molecule has 0 bridgehead atoms. The Hall–Kier alpha value is -2.03. The van der Waals surface area contributed by atoms with Crippen LogP contribution in [0.25, 0.3) is 11.4 Å². The lowest BCUT2D eigenvalue weighted by molar-refractivity contribution is 0.0621. The highest BCUT2D eigenvalue weighted by atomic mass is 16.6. The van der Waals surface area contributed by atoms with Gasteiger partial charge in [-0.1, -0.05) is 26.0 Å². The number of nitrogens with zero attached hydrogens (tertiary/aromatic N) is 4. The molecule has 4 rings (SSSR count). The molecule has 2 fully saturated rings. The average molecular weight is 373 g/mol. The summed E-state index contributed by atoms with van der Waals surface area (Å²) in [6.07, 6.45) is 1.13. The van der Waals surface area contributed by atoms with Gasteiger partial charge in [-0.15, -0.1) is 5.10 Å². The smallest absolute Gasteiger partial charge is 0.182 e. The van der Waals surface area contributed by atoms with Gasteiger partial charge in [-0.25, -0.2) is 4.68 Å². The second-order valence-electron chi connectivity index (χ2n) is 7.59. The van der Waals surface area contributed by atoms with E-state index in [0.29, 0.717) is 25.0 Å². The van der Waals surface area contributed by atoms with Gasteiger partial charge in [-0.3, -0.25) is 0 Å². The van der Waals surface area contributed by atoms with Crippen molar-refractivity contribution in [2.75, 3.05) is 26.9 Å². The molecular weight excluding hydrogens is 346 g/mol. The van der Waals surface area contributed by atoms with Gasteiger partial charge in [0.2, 0.25) is 0 Å². The van der Waals surface area contributed by atoms with E-state index < -0.39 is 0 Å². The van der Waals surface area contributed by atoms with Crippen molar-refractivity contribution >= 4 is 0 Å². The lowest BCUT2D eigenvalue weighted by Gasteiger charge is -2.18. The van der Waals surface area contributed by atoms with Gasteiger partial charge in [-0.2, -0.15) is 0 Å². The van der Waals surface area contributed by atoms with Gasteiger partial charge >= 0.3 is 0 Å². The monoisotopic (exact) mass is 373 g/mol. The Kier molecular flexibility index (Phi) is 5.38. The molecule has 146 valence electrons.